The van der Waals surface area contributed by atoms with Crippen LogP contribution in [0.25, 0.3) is 0 Å². The molecule has 1 aliphatic rings. The van der Waals surface area contributed by atoms with E-state index in [9.17, 15) is 34.5 Å². The molecule has 6 unspecified atom stereocenters. The van der Waals surface area contributed by atoms with Crippen molar-refractivity contribution in [3.05, 3.63) is 146 Å². The van der Waals surface area contributed by atoms with Gasteiger partial charge in [0.25, 0.3) is 0 Å². The summed E-state index contributed by atoms with van der Waals surface area (Å²) in [5, 5.41) is 31.3. The van der Waals surface area contributed by atoms with Gasteiger partial charge in [0, 0.05) is 19.3 Å². The van der Waals surface area contributed by atoms with Crippen LogP contribution in [0, 0.1) is 0 Å². The summed E-state index contributed by atoms with van der Waals surface area (Å²) in [6.07, 6.45) is 55.7. The Balaban J connectivity index is 2.83. The summed E-state index contributed by atoms with van der Waals surface area (Å²) >= 11 is 0. The number of hydrogen-bond donors (Lipinski definition) is 3. The highest BCUT2D eigenvalue weighted by Gasteiger charge is 2.50. The number of carbonyl (C=O) groups is 4. The summed E-state index contributed by atoms with van der Waals surface area (Å²) in [4.78, 5) is 50.9. The maximum absolute atomic E-state index is 13.1. The smallest absolute Gasteiger partial charge is 0.335 e. The minimum atomic E-state index is -1.95. The van der Waals surface area contributed by atoms with Gasteiger partial charge in [-0.15, -0.1) is 0 Å². The fourth-order valence-corrected chi connectivity index (χ4v) is 6.90. The van der Waals surface area contributed by atoms with Gasteiger partial charge in [-0.05, 0) is 116 Å². The Morgan fingerprint density at radius 1 is 0.452 bits per heavy atom. The van der Waals surface area contributed by atoms with Crippen LogP contribution in [0.5, 0.6) is 0 Å². The molecule has 0 aromatic carbocycles. The van der Waals surface area contributed by atoms with Crippen LogP contribution >= 0.6 is 0 Å². The van der Waals surface area contributed by atoms with Gasteiger partial charge in [0.1, 0.15) is 18.8 Å². The molecule has 406 valence electrons. The lowest BCUT2D eigenvalue weighted by molar-refractivity contribution is -0.301. The highest BCUT2D eigenvalue weighted by Crippen LogP contribution is 2.26. The predicted octanol–water partition coefficient (Wildman–Crippen LogP) is 13.2. The molecular weight excluding hydrogens is 925 g/mol. The summed E-state index contributed by atoms with van der Waals surface area (Å²) < 4.78 is 28.1. The van der Waals surface area contributed by atoms with Gasteiger partial charge >= 0.3 is 23.9 Å². The van der Waals surface area contributed by atoms with E-state index in [1.54, 1.807) is 0 Å². The summed E-state index contributed by atoms with van der Waals surface area (Å²) in [6, 6.07) is 0. The predicted molar refractivity (Wildman–Crippen MR) is 293 cm³/mol. The number of aliphatic carboxylic acids is 1. The van der Waals surface area contributed by atoms with Gasteiger partial charge in [0.05, 0.1) is 6.61 Å². The molecule has 1 fully saturated rings. The first kappa shape index (κ1) is 65.6. The number of unbranched alkanes of at least 4 members (excludes halogenated alkanes) is 4. The molecule has 6 atom stereocenters. The molecule has 0 aliphatic carbocycles. The standard InChI is InChI=1S/C61H90O12/c1-4-7-10-13-16-19-22-25-26-27-28-31-32-35-38-41-44-47-53(62)69-50-52(71-54(63)48-45-42-39-36-33-29-23-20-17-14-11-8-5-2)51-70-61-59(57(66)56(65)58(73-61)60(67)68)72-55(64)49-46-43-40-37-34-30-24-21-18-15-12-9-6-3/h7-12,16-21,25-26,28-31,33-35,38,40,43,52,56-59,61,65-66H,4-6,13-15,22-24,27,32,36-37,39,41-42,44-51H2,1-3H3,(H,67,68)/b10-7-,11-8-,12-9-,19-16-,20-17-,21-18-,26-25-,31-28-,33-29-,34-30-,38-35-,43-40-. The highest BCUT2D eigenvalue weighted by atomic mass is 16.7. The molecule has 3 N–H and O–H groups in total. The lowest BCUT2D eigenvalue weighted by atomic mass is 9.98. The van der Waals surface area contributed by atoms with E-state index >= 15 is 0 Å². The summed E-state index contributed by atoms with van der Waals surface area (Å²) in [6.45, 7) is 5.49. The Bertz CT molecular complexity index is 1830. The molecular formula is C61H90O12. The van der Waals surface area contributed by atoms with Gasteiger partial charge in [-0.3, -0.25) is 14.4 Å². The first-order chi connectivity index (χ1) is 35.6. The third-order valence-corrected chi connectivity index (χ3v) is 10.9. The number of aliphatic hydroxyl groups excluding tert-OH is 2. The normalized spacial score (nSPS) is 19.5. The molecule has 0 aromatic rings. The molecule has 0 amide bonds. The van der Waals surface area contributed by atoms with Crippen LogP contribution in [-0.2, 0) is 42.9 Å². The van der Waals surface area contributed by atoms with Crippen molar-refractivity contribution in [2.75, 3.05) is 13.2 Å². The second-order valence-electron chi connectivity index (χ2n) is 17.4. The molecule has 1 rings (SSSR count). The third-order valence-electron chi connectivity index (χ3n) is 10.9. The molecule has 0 bridgehead atoms. The SMILES string of the molecule is CC/C=C\C/C=C\C/C=C\C/C=C\C/C=C\CCCC(=O)OCC(COC1OC(C(=O)O)C(O)C(O)C1OC(=O)CC/C=C\C/C=C\C/C=C\C/C=C\CC)OC(=O)CCCCC/C=C\C/C=C\C/C=C\CC. The molecule has 0 spiro atoms. The molecule has 1 heterocycles. The Labute approximate surface area is 438 Å². The number of ether oxygens (including phenoxy) is 5. The fourth-order valence-electron chi connectivity index (χ4n) is 6.90. The minimum Gasteiger partial charge on any atom is -0.479 e. The molecule has 12 heteroatoms. The lowest BCUT2D eigenvalue weighted by Crippen LogP contribution is -2.61. The van der Waals surface area contributed by atoms with Crippen LogP contribution in [0.4, 0.5) is 0 Å². The topological polar surface area (TPSA) is 175 Å². The number of esters is 3. The molecule has 1 saturated heterocycles. The Hall–Kier alpha value is -5.40. The average Bonchev–Trinajstić information content (AvgIpc) is 3.37. The van der Waals surface area contributed by atoms with E-state index in [1.165, 1.54) is 0 Å². The van der Waals surface area contributed by atoms with Crippen LogP contribution in [0.2, 0.25) is 0 Å². The van der Waals surface area contributed by atoms with Crippen LogP contribution < -0.4 is 0 Å². The molecule has 12 nitrogen and oxygen atoms in total. The van der Waals surface area contributed by atoms with Gasteiger partial charge in [0.15, 0.2) is 24.6 Å². The zero-order chi connectivity index (χ0) is 53.3. The number of aliphatic hydroxyl groups is 2. The number of rotatable bonds is 42. The van der Waals surface area contributed by atoms with Crippen molar-refractivity contribution in [3.63, 3.8) is 0 Å². The van der Waals surface area contributed by atoms with Gasteiger partial charge < -0.3 is 39.0 Å². The van der Waals surface area contributed by atoms with Gasteiger partial charge in [-0.2, -0.15) is 0 Å². The maximum Gasteiger partial charge on any atom is 0.335 e. The zero-order valence-corrected chi connectivity index (χ0v) is 44.3. The molecule has 0 saturated carbocycles. The van der Waals surface area contributed by atoms with E-state index in [0.29, 0.717) is 32.1 Å². The van der Waals surface area contributed by atoms with E-state index in [2.05, 4.69) is 136 Å². The maximum atomic E-state index is 13.1. The summed E-state index contributed by atoms with van der Waals surface area (Å²) in [7, 11) is 0. The van der Waals surface area contributed by atoms with Crippen molar-refractivity contribution < 1.29 is 58.2 Å². The lowest BCUT2D eigenvalue weighted by Gasteiger charge is -2.40. The van der Waals surface area contributed by atoms with Crippen molar-refractivity contribution >= 4 is 23.9 Å². The molecule has 0 aromatic heterocycles. The second kappa shape index (κ2) is 47.6. The minimum absolute atomic E-state index is 0.0786. The Morgan fingerprint density at radius 2 is 0.863 bits per heavy atom. The van der Waals surface area contributed by atoms with Crippen molar-refractivity contribution in [2.24, 2.45) is 0 Å². The molecule has 0 radical (unpaired) electrons. The van der Waals surface area contributed by atoms with Gasteiger partial charge in [-0.25, -0.2) is 4.79 Å². The van der Waals surface area contributed by atoms with E-state index in [0.717, 1.165) is 89.9 Å². The number of carboxylic acid groups (broad SMARTS) is 1. The molecule has 1 aliphatic heterocycles. The van der Waals surface area contributed by atoms with E-state index in [-0.39, 0.29) is 25.9 Å². The van der Waals surface area contributed by atoms with E-state index in [1.807, 2.05) is 30.4 Å². The number of allylic oxidation sites excluding steroid dienone is 24. The summed E-state index contributed by atoms with van der Waals surface area (Å²) in [5.41, 5.74) is 0. The van der Waals surface area contributed by atoms with E-state index in [4.69, 9.17) is 23.7 Å². The number of carboxylic acids is 1. The van der Waals surface area contributed by atoms with Crippen LogP contribution in [0.3, 0.4) is 0 Å². The van der Waals surface area contributed by atoms with Gasteiger partial charge in [-0.1, -0.05) is 173 Å². The van der Waals surface area contributed by atoms with Crippen molar-refractivity contribution in [1.82, 2.24) is 0 Å². The average molecular weight is 1020 g/mol. The van der Waals surface area contributed by atoms with Crippen LogP contribution in [0.15, 0.2) is 146 Å². The first-order valence-corrected chi connectivity index (χ1v) is 26.8. The Kier molecular flexibility index (Phi) is 42.8. The van der Waals surface area contributed by atoms with Gasteiger partial charge in [0.2, 0.25) is 0 Å². The molecule has 73 heavy (non-hydrogen) atoms. The largest absolute Gasteiger partial charge is 0.479 e. The second-order valence-corrected chi connectivity index (χ2v) is 17.4. The van der Waals surface area contributed by atoms with E-state index < -0.39 is 67.3 Å². The highest BCUT2D eigenvalue weighted by molar-refractivity contribution is 5.74. The van der Waals surface area contributed by atoms with Crippen molar-refractivity contribution in [2.45, 2.75) is 199 Å². The van der Waals surface area contributed by atoms with Crippen LogP contribution in [-0.4, -0.2) is 89.2 Å². The van der Waals surface area contributed by atoms with Crippen molar-refractivity contribution in [1.29, 1.82) is 0 Å². The number of carbonyl (C=O) groups excluding carboxylic acids is 3. The summed E-state index contributed by atoms with van der Waals surface area (Å²) in [5.74, 6) is -3.38. The van der Waals surface area contributed by atoms with Crippen molar-refractivity contribution in [3.8, 4) is 0 Å². The monoisotopic (exact) mass is 1010 g/mol. The third kappa shape index (κ3) is 37.9. The zero-order valence-electron chi connectivity index (χ0n) is 44.3. The number of hydrogen-bond acceptors (Lipinski definition) is 11. The fraction of sp³-hybridized carbons (Fsp3) is 0.541. The van der Waals surface area contributed by atoms with Crippen LogP contribution in [0.1, 0.15) is 162 Å². The Morgan fingerprint density at radius 3 is 1.32 bits per heavy atom. The first-order valence-electron chi connectivity index (χ1n) is 26.8. The quantitative estimate of drug-likeness (QED) is 0.0229.